The van der Waals surface area contributed by atoms with E-state index in [1.165, 1.54) is 5.56 Å². The molecule has 2 aromatic rings. The zero-order chi connectivity index (χ0) is 15.8. The number of hydrogen-bond donors (Lipinski definition) is 0. The van der Waals surface area contributed by atoms with Crippen molar-refractivity contribution in [2.45, 2.75) is 24.0 Å². The molecule has 0 saturated carbocycles. The van der Waals surface area contributed by atoms with Gasteiger partial charge in [-0.2, -0.15) is 5.26 Å². The molecule has 22 heavy (non-hydrogen) atoms. The molecule has 0 aromatic heterocycles. The Morgan fingerprint density at radius 1 is 1.23 bits per heavy atom. The summed E-state index contributed by atoms with van der Waals surface area (Å²) >= 11 is 1.67. The maximum atomic E-state index is 11.8. The van der Waals surface area contributed by atoms with Crippen LogP contribution in [0, 0.1) is 11.3 Å². The quantitative estimate of drug-likeness (QED) is 0.592. The fraction of sp³-hybridized carbons (Fsp3) is 0.222. The lowest BCUT2D eigenvalue weighted by atomic mass is 10.1. The van der Waals surface area contributed by atoms with Crippen molar-refractivity contribution < 1.29 is 9.53 Å². The second kappa shape index (κ2) is 8.26. The molecular weight excluding hydrogens is 294 g/mol. The standard InChI is InChI=1S/C18H17NO2S/c1-2-21-18(20)16-8-9-17(15(12-16)10-11-19)22-13-14-6-4-3-5-7-14/h3-9,12H,2,10,13H2,1H3. The second-order valence-electron chi connectivity index (χ2n) is 4.65. The Morgan fingerprint density at radius 3 is 2.68 bits per heavy atom. The SMILES string of the molecule is CCOC(=O)c1ccc(SCc2ccccc2)c(CC#N)c1. The summed E-state index contributed by atoms with van der Waals surface area (Å²) in [4.78, 5) is 12.8. The van der Waals surface area contributed by atoms with E-state index >= 15 is 0 Å². The number of carbonyl (C=O) groups excluding carboxylic acids is 1. The average Bonchev–Trinajstić information content (AvgIpc) is 2.55. The molecule has 2 rings (SSSR count). The molecule has 0 amide bonds. The zero-order valence-electron chi connectivity index (χ0n) is 12.4. The molecule has 4 heteroatoms. The van der Waals surface area contributed by atoms with Gasteiger partial charge in [-0.3, -0.25) is 0 Å². The van der Waals surface area contributed by atoms with Gasteiger partial charge in [0.25, 0.3) is 0 Å². The van der Waals surface area contributed by atoms with Crippen molar-refractivity contribution in [3.8, 4) is 6.07 Å². The van der Waals surface area contributed by atoms with Crippen LogP contribution in [0.15, 0.2) is 53.4 Å². The fourth-order valence-electron chi connectivity index (χ4n) is 2.02. The van der Waals surface area contributed by atoms with Gasteiger partial charge in [-0.05, 0) is 36.2 Å². The number of nitrogens with zero attached hydrogens (tertiary/aromatic N) is 1. The number of esters is 1. The van der Waals surface area contributed by atoms with Crippen molar-refractivity contribution >= 4 is 17.7 Å². The lowest BCUT2D eigenvalue weighted by Gasteiger charge is -2.09. The van der Waals surface area contributed by atoms with Crippen molar-refractivity contribution in [1.29, 1.82) is 5.26 Å². The van der Waals surface area contributed by atoms with Gasteiger partial charge in [0.05, 0.1) is 24.7 Å². The van der Waals surface area contributed by atoms with Crippen LogP contribution in [0.3, 0.4) is 0 Å². The van der Waals surface area contributed by atoms with E-state index in [9.17, 15) is 4.79 Å². The molecule has 0 fully saturated rings. The van der Waals surface area contributed by atoms with Crippen molar-refractivity contribution in [1.82, 2.24) is 0 Å². The second-order valence-corrected chi connectivity index (χ2v) is 5.67. The van der Waals surface area contributed by atoms with Crippen LogP contribution in [0.5, 0.6) is 0 Å². The molecule has 0 radical (unpaired) electrons. The van der Waals surface area contributed by atoms with Crippen LogP contribution in [-0.2, 0) is 16.9 Å². The predicted molar refractivity (Wildman–Crippen MR) is 87.7 cm³/mol. The minimum atomic E-state index is -0.346. The van der Waals surface area contributed by atoms with E-state index in [4.69, 9.17) is 10.00 Å². The van der Waals surface area contributed by atoms with Gasteiger partial charge >= 0.3 is 5.97 Å². The molecule has 0 N–H and O–H groups in total. The highest BCUT2D eigenvalue weighted by Gasteiger charge is 2.11. The Bertz CT molecular complexity index is 677. The van der Waals surface area contributed by atoms with Crippen LogP contribution < -0.4 is 0 Å². The monoisotopic (exact) mass is 311 g/mol. The molecule has 0 saturated heterocycles. The van der Waals surface area contributed by atoms with Gasteiger partial charge in [0.15, 0.2) is 0 Å². The van der Waals surface area contributed by atoms with Crippen molar-refractivity contribution in [2.24, 2.45) is 0 Å². The van der Waals surface area contributed by atoms with Gasteiger partial charge in [-0.15, -0.1) is 11.8 Å². The van der Waals surface area contributed by atoms with Gasteiger partial charge < -0.3 is 4.74 Å². The molecule has 0 aliphatic rings. The minimum Gasteiger partial charge on any atom is -0.462 e. The molecule has 0 atom stereocenters. The maximum absolute atomic E-state index is 11.8. The number of benzene rings is 2. The lowest BCUT2D eigenvalue weighted by molar-refractivity contribution is 0.0526. The summed E-state index contributed by atoms with van der Waals surface area (Å²) in [6.45, 7) is 2.12. The first-order chi connectivity index (χ1) is 10.7. The molecule has 0 unspecified atom stereocenters. The van der Waals surface area contributed by atoms with Crippen molar-refractivity contribution in [3.05, 3.63) is 65.2 Å². The molecule has 0 heterocycles. The molecule has 2 aromatic carbocycles. The van der Waals surface area contributed by atoms with Gasteiger partial charge in [0.1, 0.15) is 0 Å². The van der Waals surface area contributed by atoms with E-state index in [0.717, 1.165) is 16.2 Å². The van der Waals surface area contributed by atoms with E-state index in [2.05, 4.69) is 18.2 Å². The number of nitriles is 1. The van der Waals surface area contributed by atoms with E-state index in [-0.39, 0.29) is 12.4 Å². The van der Waals surface area contributed by atoms with E-state index < -0.39 is 0 Å². The molecular formula is C18H17NO2S. The molecule has 3 nitrogen and oxygen atoms in total. The van der Waals surface area contributed by atoms with Gasteiger partial charge in [0.2, 0.25) is 0 Å². The number of thioether (sulfide) groups is 1. The fourth-order valence-corrected chi connectivity index (χ4v) is 3.02. The first-order valence-electron chi connectivity index (χ1n) is 7.08. The Balaban J connectivity index is 2.16. The summed E-state index contributed by atoms with van der Waals surface area (Å²) in [5, 5.41) is 8.99. The predicted octanol–water partition coefficient (Wildman–Crippen LogP) is 4.22. The van der Waals surface area contributed by atoms with E-state index in [1.54, 1.807) is 30.8 Å². The minimum absolute atomic E-state index is 0.282. The smallest absolute Gasteiger partial charge is 0.338 e. The third-order valence-electron chi connectivity index (χ3n) is 3.08. The largest absolute Gasteiger partial charge is 0.462 e. The highest BCUT2D eigenvalue weighted by molar-refractivity contribution is 7.98. The summed E-state index contributed by atoms with van der Waals surface area (Å²) in [7, 11) is 0. The van der Waals surface area contributed by atoms with Crippen LogP contribution in [-0.4, -0.2) is 12.6 Å². The molecule has 0 aliphatic heterocycles. The Morgan fingerprint density at radius 2 is 2.00 bits per heavy atom. The first kappa shape index (κ1) is 16.1. The number of carbonyl (C=O) groups is 1. The first-order valence-corrected chi connectivity index (χ1v) is 8.07. The Labute approximate surface area is 134 Å². The average molecular weight is 311 g/mol. The van der Waals surface area contributed by atoms with Gasteiger partial charge in [-0.1, -0.05) is 30.3 Å². The Kier molecular flexibility index (Phi) is 6.05. The summed E-state index contributed by atoms with van der Waals surface area (Å²) in [5.41, 5.74) is 2.59. The third kappa shape index (κ3) is 4.37. The lowest BCUT2D eigenvalue weighted by Crippen LogP contribution is -2.05. The van der Waals surface area contributed by atoms with Crippen LogP contribution in [0.1, 0.15) is 28.4 Å². The summed E-state index contributed by atoms with van der Waals surface area (Å²) in [6, 6.07) is 17.7. The van der Waals surface area contributed by atoms with Crippen LogP contribution in [0.25, 0.3) is 0 Å². The molecule has 0 spiro atoms. The van der Waals surface area contributed by atoms with Gasteiger partial charge in [-0.25, -0.2) is 4.79 Å². The summed E-state index contributed by atoms with van der Waals surface area (Å²) in [6.07, 6.45) is 0.282. The molecule has 0 bridgehead atoms. The zero-order valence-corrected chi connectivity index (χ0v) is 13.2. The highest BCUT2D eigenvalue weighted by atomic mass is 32.2. The number of hydrogen-bond acceptors (Lipinski definition) is 4. The summed E-state index contributed by atoms with van der Waals surface area (Å²) in [5.74, 6) is 0.485. The maximum Gasteiger partial charge on any atom is 0.338 e. The van der Waals surface area contributed by atoms with E-state index in [1.807, 2.05) is 24.3 Å². The Hall–Kier alpha value is -2.25. The molecule has 0 aliphatic carbocycles. The molecule has 112 valence electrons. The highest BCUT2D eigenvalue weighted by Crippen LogP contribution is 2.27. The number of ether oxygens (including phenoxy) is 1. The van der Waals surface area contributed by atoms with Crippen molar-refractivity contribution in [3.63, 3.8) is 0 Å². The van der Waals surface area contributed by atoms with Crippen molar-refractivity contribution in [2.75, 3.05) is 6.61 Å². The van der Waals surface area contributed by atoms with Crippen LogP contribution >= 0.6 is 11.8 Å². The normalized spacial score (nSPS) is 10.0. The number of rotatable bonds is 6. The third-order valence-corrected chi connectivity index (χ3v) is 4.27. The van der Waals surface area contributed by atoms with Crippen LogP contribution in [0.4, 0.5) is 0 Å². The van der Waals surface area contributed by atoms with E-state index in [0.29, 0.717) is 12.2 Å². The topological polar surface area (TPSA) is 50.1 Å². The van der Waals surface area contributed by atoms with Gasteiger partial charge in [0, 0.05) is 10.6 Å². The summed E-state index contributed by atoms with van der Waals surface area (Å²) < 4.78 is 5.00. The van der Waals surface area contributed by atoms with Crippen LogP contribution in [0.2, 0.25) is 0 Å².